The highest BCUT2D eigenvalue weighted by molar-refractivity contribution is 6.27. The lowest BCUT2D eigenvalue weighted by molar-refractivity contribution is 1.61. The minimum absolute atomic E-state index is 0.467. The Hall–Kier alpha value is -14.0. The monoisotopic (exact) mass is 1440 g/mol. The fraction of sp³-hybridized carbons (Fsp3) is 0. The van der Waals surface area contributed by atoms with Gasteiger partial charge in [0.05, 0.1) is 96.0 Å². The van der Waals surface area contributed by atoms with Gasteiger partial charge in [0.1, 0.15) is 0 Å². The molecule has 0 spiro atoms. The van der Waals surface area contributed by atoms with Crippen LogP contribution >= 0.6 is 0 Å². The van der Waals surface area contributed by atoms with Crippen molar-refractivity contribution >= 4 is 129 Å². The van der Waals surface area contributed by atoms with Crippen LogP contribution in [0.25, 0.3) is 207 Å². The van der Waals surface area contributed by atoms with E-state index in [1.165, 1.54) is 0 Å². The maximum Gasteiger partial charge on any atom is 0.0636 e. The van der Waals surface area contributed by atoms with Gasteiger partial charge < -0.3 is 0 Å². The van der Waals surface area contributed by atoms with E-state index in [-0.39, 0.29) is 0 Å². The molecule has 0 amide bonds. The van der Waals surface area contributed by atoms with Crippen LogP contribution in [0, 0.1) is 0 Å². The molecule has 0 saturated heterocycles. The minimum Gasteiger partial charge on any atom is -0.0622 e. The van der Waals surface area contributed by atoms with Gasteiger partial charge >= 0.3 is 0 Å². The highest BCUT2D eigenvalue weighted by Gasteiger charge is 2.22. The first-order valence-corrected chi connectivity index (χ1v) is 31.8. The molecule has 0 unspecified atom stereocenters. The summed E-state index contributed by atoms with van der Waals surface area (Å²) in [6, 6.07) is -61.7. The lowest BCUT2D eigenvalue weighted by Gasteiger charge is -2.19. The van der Waals surface area contributed by atoms with Crippen LogP contribution in [0.15, 0.2) is 423 Å². The van der Waals surface area contributed by atoms with Crippen molar-refractivity contribution in [1.82, 2.24) is 0 Å². The van der Waals surface area contributed by atoms with Crippen LogP contribution in [0.4, 0.5) is 0 Å². The zero-order valence-corrected chi connectivity index (χ0v) is 54.0. The van der Waals surface area contributed by atoms with E-state index in [0.717, 1.165) is 0 Å². The molecule has 0 N–H and O–H groups in total. The first-order chi connectivity index (χ1) is 82.7. The molecule has 0 nitrogen and oxygen atoms in total. The van der Waals surface area contributed by atoms with Crippen molar-refractivity contribution in [2.75, 3.05) is 0 Å². The van der Waals surface area contributed by atoms with Gasteiger partial charge in [-0.15, -0.1) is 0 Å². The van der Waals surface area contributed by atoms with E-state index in [9.17, 15) is 27.4 Å². The smallest absolute Gasteiger partial charge is 0.0622 e. The van der Waals surface area contributed by atoms with E-state index in [1.807, 2.05) is 0 Å². The van der Waals surface area contributed by atoms with Crippen LogP contribution < -0.4 is 0 Å². The van der Waals surface area contributed by atoms with Gasteiger partial charge in [-0.3, -0.25) is 0 Å². The molecule has 22 aromatic rings. The molecular formula is C108H70. The summed E-state index contributed by atoms with van der Waals surface area (Å²) in [4.78, 5) is 0. The molecule has 0 saturated carbocycles. The average molecular weight is 1440 g/mol. The Labute approximate surface area is 725 Å². The van der Waals surface area contributed by atoms with E-state index in [4.69, 9.17) is 68.5 Å². The summed E-state index contributed by atoms with van der Waals surface area (Å²) in [6.07, 6.45) is 0. The molecular weight excluding hydrogens is 1300 g/mol. The van der Waals surface area contributed by atoms with E-state index in [2.05, 4.69) is 0 Å². The summed E-state index contributed by atoms with van der Waals surface area (Å²) < 4.78 is 616. The molecule has 108 heavy (non-hydrogen) atoms. The number of rotatable bonds is 7. The van der Waals surface area contributed by atoms with Crippen LogP contribution in [0.1, 0.15) is 96.0 Å². The van der Waals surface area contributed by atoms with Crippen LogP contribution in [0.3, 0.4) is 0 Å². The molecule has 0 aliphatic rings. The predicted octanol–water partition coefficient (Wildman–Crippen LogP) is 30.6. The van der Waals surface area contributed by atoms with Crippen molar-refractivity contribution in [3.8, 4) is 77.9 Å². The van der Waals surface area contributed by atoms with Crippen molar-refractivity contribution in [2.24, 2.45) is 0 Å². The first kappa shape index (κ1) is 24.3. The van der Waals surface area contributed by atoms with Gasteiger partial charge in [0, 0.05) is 0 Å². The van der Waals surface area contributed by atoms with Gasteiger partial charge in [-0.1, -0.05) is 405 Å². The fourth-order valence-electron chi connectivity index (χ4n) is 12.7. The number of hydrogen-bond acceptors (Lipinski definition) is 0. The molecule has 0 heterocycles. The number of hydrogen-bond donors (Lipinski definition) is 0. The van der Waals surface area contributed by atoms with Crippen LogP contribution in [0.5, 0.6) is 0 Å². The molecule has 0 fully saturated rings. The first-order valence-electron chi connectivity index (χ1n) is 66.8. The highest BCUT2D eigenvalue weighted by atomic mass is 14.3. The lowest BCUT2D eigenvalue weighted by Crippen LogP contribution is -1.92. The highest BCUT2D eigenvalue weighted by Crippen LogP contribution is 2.50. The van der Waals surface area contributed by atoms with E-state index >= 15 is 0 Å². The maximum absolute atomic E-state index is 9.58. The van der Waals surface area contributed by atoms with Crippen molar-refractivity contribution < 1.29 is 96.0 Å². The standard InChI is InChI=1S/C38H24.C36H24.C34H22/c1-2-11-27-23-29(20-17-25(27)9-1)37-33-13-5-7-15-35(33)38(36-16-8-6-14-34(36)37)30-21-22-32-28(24-30)19-18-26-10-3-4-12-31(26)32;1-2-10-25(11-3-1)27-18-21-28(22-19-27)35-31-14-6-8-16-33(31)36(34-17-9-7-15-32(34)35)30-23-20-26-12-4-5-13-29(26)24-30;1-3-15-25-23(11-1)13-9-21-27(25)33-29-17-5-7-19-31(29)34(32-20-8-6-18-30(32)33)28-22-10-14-24-12-2-4-16-26(24)28/h1-24H;1-24H;1-22H/i2*1D,2D,3D,4D,5D,6D,7D,8D,9D,10D,11D,12D,13D,14D,15D,16D,17D,18D,19D,20D,21D,22D,23D,24D;1D,2D,3D,4D,5D,6D,7D,8D,9D,10D,11D,12D,13D,14D,15D,16D,17D,18D,19D,20D,21D,22D. The molecule has 22 rings (SSSR count). The Bertz CT molecular complexity index is 11300. The normalized spacial score (nSPS) is 20.6. The molecule has 0 heteroatoms. The third-order valence-electron chi connectivity index (χ3n) is 17.2. The Morgan fingerprint density at radius 2 is 0.333 bits per heavy atom. The summed E-state index contributed by atoms with van der Waals surface area (Å²) >= 11 is 0. The van der Waals surface area contributed by atoms with Gasteiger partial charge in [0.2, 0.25) is 0 Å². The molecule has 0 bridgehead atoms. The Morgan fingerprint density at radius 1 is 0.111 bits per heavy atom. The molecule has 0 atom stereocenters. The minimum atomic E-state index is -1.02. The second kappa shape index (κ2) is 27.2. The molecule has 0 aliphatic heterocycles. The second-order valence-corrected chi connectivity index (χ2v) is 23.0. The van der Waals surface area contributed by atoms with Gasteiger partial charge in [0.25, 0.3) is 0 Å². The zero-order chi connectivity index (χ0) is 132. The summed E-state index contributed by atoms with van der Waals surface area (Å²) in [6.45, 7) is 0. The molecule has 0 aromatic heterocycles. The maximum atomic E-state index is 9.58. The van der Waals surface area contributed by atoms with E-state index < -0.39 is 630 Å². The topological polar surface area (TPSA) is 0 Å². The lowest BCUT2D eigenvalue weighted by atomic mass is 9.84. The average Bonchev–Trinajstić information content (AvgIpc) is 0.674. The Kier molecular flexibility index (Phi) is 6.11. The van der Waals surface area contributed by atoms with Crippen LogP contribution in [0.2, 0.25) is 0 Å². The van der Waals surface area contributed by atoms with Crippen molar-refractivity contribution in [2.45, 2.75) is 0 Å². The quantitative estimate of drug-likeness (QED) is 0.110. The molecule has 22 aromatic carbocycles. The SMILES string of the molecule is [2H]c1c([2H])c([2H])c(-c2c([2H])c([2H])c(-c3c4c([2H])c([2H])c([2H])c([2H])c4c(-c4c([2H])c([2H])c5c([2H])c([2H])c([2H])c([2H])c5c4[2H])c4c([2H])c([2H])c([2H])c([2H])c34)c([2H])c2[2H])c([2H])c1[2H].[2H]c1c([2H])c([2H])c2c(-c3c4c([2H])c([2H])c([2H])c([2H])c4c(-c4c([2H])c([2H])c([2H])c5c([2H])c([2H])c([2H])c([2H])c45)c4c([2H])c([2H])c([2H])c([2H])c34)c([2H])c([2H])c([2H])c2c1[2H].[2H]c1c([2H])c([2H])c2c([2H])c(-c3c4c([2H])c([2H])c([2H])c([2H])c4c(-c4c([2H])c([2H])c5c(c4[2H])c([2H])c([2H])c4c([2H])c([2H])c([2H])c([2H])c45)c4c([2H])c([2H])c([2H])c([2H])c34)c([2H])c([2H])c2c1[2H]. The fourth-order valence-corrected chi connectivity index (χ4v) is 12.7. The largest absolute Gasteiger partial charge is 0.0636 e. The van der Waals surface area contributed by atoms with Crippen LogP contribution in [-0.4, -0.2) is 0 Å². The summed E-state index contributed by atoms with van der Waals surface area (Å²) in [5.41, 5.74) is -9.68. The summed E-state index contributed by atoms with van der Waals surface area (Å²) in [7, 11) is 0. The van der Waals surface area contributed by atoms with Gasteiger partial charge in [0.15, 0.2) is 0 Å². The van der Waals surface area contributed by atoms with Crippen molar-refractivity contribution in [1.29, 1.82) is 0 Å². The predicted molar refractivity (Wildman–Crippen MR) is 467 cm³/mol. The molecule has 502 valence electrons. The summed E-state index contributed by atoms with van der Waals surface area (Å²) in [5, 5.41) is -14.6. The Morgan fingerprint density at radius 3 is 0.722 bits per heavy atom. The van der Waals surface area contributed by atoms with E-state index in [0.29, 0.717) is 0 Å². The second-order valence-electron chi connectivity index (χ2n) is 23.0. The number of fused-ring (bicyclic) bond motifs is 13. The van der Waals surface area contributed by atoms with Crippen molar-refractivity contribution in [3.63, 3.8) is 0 Å². The molecule has 0 aliphatic carbocycles. The summed E-state index contributed by atoms with van der Waals surface area (Å²) in [5.74, 6) is 0. The van der Waals surface area contributed by atoms with Gasteiger partial charge in [-0.05, 0) is 225 Å². The third kappa shape index (κ3) is 11.2. The van der Waals surface area contributed by atoms with Crippen molar-refractivity contribution in [3.05, 3.63) is 423 Å². The van der Waals surface area contributed by atoms with Crippen LogP contribution in [-0.2, 0) is 0 Å². The van der Waals surface area contributed by atoms with Gasteiger partial charge in [-0.2, -0.15) is 0 Å². The van der Waals surface area contributed by atoms with E-state index in [1.54, 1.807) is 0 Å². The molecule has 0 radical (unpaired) electrons. The zero-order valence-electron chi connectivity index (χ0n) is 124. The third-order valence-corrected chi connectivity index (χ3v) is 17.2. The number of benzene rings is 22. The van der Waals surface area contributed by atoms with Gasteiger partial charge in [-0.25, -0.2) is 0 Å². The Balaban J connectivity index is 0.000000156.